The van der Waals surface area contributed by atoms with E-state index in [-0.39, 0.29) is 42.6 Å². The lowest BCUT2D eigenvalue weighted by Gasteiger charge is -2.61. The van der Waals surface area contributed by atoms with Gasteiger partial charge in [0.05, 0.1) is 23.4 Å². The molecule has 60 heavy (non-hydrogen) atoms. The summed E-state index contributed by atoms with van der Waals surface area (Å²) in [6, 6.07) is 3.34. The maximum atomic E-state index is 14.2. The summed E-state index contributed by atoms with van der Waals surface area (Å²) in [5.41, 5.74) is -2.14. The lowest BCUT2D eigenvalue weighted by molar-refractivity contribution is -0.172. The lowest BCUT2D eigenvalue weighted by Crippen LogP contribution is -2.74. The van der Waals surface area contributed by atoms with Crippen LogP contribution in [0.15, 0.2) is 36.1 Å². The molecule has 0 saturated carbocycles. The SMILES string of the molecule is CCCCCCCC/C=C\CCCCCCCC(=O)C[C@@H](CC(=O)OC(C)(C)C)C(=O)OC1=CC[C@@]2(O)[C@@H]3Cc4ccc(OC(=O)OC(C)(C)C)c5c4[C@@]2(CCN3C)[C@H]1O5. The molecule has 0 radical (unpaired) electrons. The average Bonchev–Trinajstić information content (AvgIpc) is 3.51. The van der Waals surface area contributed by atoms with E-state index in [0.29, 0.717) is 38.0 Å². The molecule has 1 spiro atoms. The van der Waals surface area contributed by atoms with Crippen molar-refractivity contribution in [3.8, 4) is 11.5 Å². The molecule has 5 rings (SSSR count). The number of ketones is 1. The number of allylic oxidation sites excluding steroid dienone is 2. The van der Waals surface area contributed by atoms with E-state index in [2.05, 4.69) is 24.0 Å². The van der Waals surface area contributed by atoms with Crippen molar-refractivity contribution in [3.63, 3.8) is 0 Å². The molecule has 2 aliphatic heterocycles. The molecule has 11 nitrogen and oxygen atoms in total. The first kappa shape index (κ1) is 47.4. The smallest absolute Gasteiger partial charge is 0.477 e. The zero-order valence-electron chi connectivity index (χ0n) is 37.8. The van der Waals surface area contributed by atoms with Gasteiger partial charge in [-0.2, -0.15) is 0 Å². The molecule has 334 valence electrons. The van der Waals surface area contributed by atoms with E-state index < -0.39 is 52.3 Å². The number of carbonyl (C=O) groups excluding carboxylic acids is 4. The van der Waals surface area contributed by atoms with Crippen molar-refractivity contribution in [1.82, 2.24) is 4.90 Å². The Balaban J connectivity index is 1.23. The minimum Gasteiger partial charge on any atom is -0.477 e. The maximum absolute atomic E-state index is 14.2. The molecule has 1 fully saturated rings. The number of esters is 2. The topological polar surface area (TPSA) is 138 Å². The number of piperidine rings is 1. The van der Waals surface area contributed by atoms with Crippen LogP contribution in [0.25, 0.3) is 0 Å². The van der Waals surface area contributed by atoms with Crippen LogP contribution in [0.3, 0.4) is 0 Å². The first-order valence-corrected chi connectivity index (χ1v) is 22.8. The van der Waals surface area contributed by atoms with Gasteiger partial charge in [-0.15, -0.1) is 0 Å². The summed E-state index contributed by atoms with van der Waals surface area (Å²) in [6.45, 7) is 13.4. The van der Waals surface area contributed by atoms with Crippen LogP contribution in [-0.2, 0) is 40.4 Å². The molecule has 0 aromatic heterocycles. The molecule has 2 bridgehead atoms. The highest BCUT2D eigenvalue weighted by molar-refractivity contribution is 5.88. The van der Waals surface area contributed by atoms with Gasteiger partial charge in [0.1, 0.15) is 22.7 Å². The predicted molar refractivity (Wildman–Crippen MR) is 231 cm³/mol. The molecular weight excluding hydrogens is 763 g/mol. The second-order valence-electron chi connectivity index (χ2n) is 19.6. The minimum absolute atomic E-state index is 0.104. The zero-order valence-corrected chi connectivity index (χ0v) is 37.8. The Morgan fingerprint density at radius 1 is 0.867 bits per heavy atom. The Morgan fingerprint density at radius 2 is 1.50 bits per heavy atom. The molecule has 1 saturated heterocycles. The Hall–Kier alpha value is -3.70. The van der Waals surface area contributed by atoms with E-state index in [0.717, 1.165) is 49.7 Å². The second kappa shape index (κ2) is 20.4. The third-order valence-electron chi connectivity index (χ3n) is 12.5. The van der Waals surface area contributed by atoms with Gasteiger partial charge in [0.2, 0.25) is 0 Å². The third kappa shape index (κ3) is 11.6. The monoisotopic (exact) mass is 836 g/mol. The predicted octanol–water partition coefficient (Wildman–Crippen LogP) is 10.2. The number of benzene rings is 1. The average molecular weight is 836 g/mol. The van der Waals surface area contributed by atoms with Gasteiger partial charge < -0.3 is 33.7 Å². The third-order valence-corrected chi connectivity index (χ3v) is 12.5. The minimum atomic E-state index is -1.28. The highest BCUT2D eigenvalue weighted by Crippen LogP contribution is 2.65. The summed E-state index contributed by atoms with van der Waals surface area (Å²) in [4.78, 5) is 55.7. The van der Waals surface area contributed by atoms with E-state index in [1.807, 2.05) is 13.1 Å². The highest BCUT2D eigenvalue weighted by atomic mass is 16.7. The van der Waals surface area contributed by atoms with Crippen LogP contribution in [0, 0.1) is 5.92 Å². The summed E-state index contributed by atoms with van der Waals surface area (Å²) < 4.78 is 29.6. The first-order chi connectivity index (χ1) is 28.4. The Labute approximate surface area is 358 Å². The number of rotatable bonds is 22. The molecule has 0 unspecified atom stereocenters. The summed E-state index contributed by atoms with van der Waals surface area (Å²) in [5, 5.41) is 12.7. The Bertz CT molecular complexity index is 1740. The number of carbonyl (C=O) groups is 4. The largest absolute Gasteiger partial charge is 0.514 e. The van der Waals surface area contributed by atoms with Gasteiger partial charge in [-0.25, -0.2) is 4.79 Å². The molecular formula is C49H73NO10. The van der Waals surface area contributed by atoms with E-state index in [4.69, 9.17) is 23.7 Å². The number of likely N-dealkylation sites (tertiary alicyclic amines) is 1. The van der Waals surface area contributed by atoms with E-state index in [1.54, 1.807) is 53.7 Å². The van der Waals surface area contributed by atoms with E-state index in [1.165, 1.54) is 38.5 Å². The van der Waals surface area contributed by atoms with Crippen molar-refractivity contribution in [2.45, 2.75) is 205 Å². The van der Waals surface area contributed by atoms with Gasteiger partial charge in [-0.3, -0.25) is 14.4 Å². The number of nitrogens with zero attached hydrogens (tertiary/aromatic N) is 1. The summed E-state index contributed by atoms with van der Waals surface area (Å²) in [6.07, 6.45) is 20.6. The second-order valence-corrected chi connectivity index (χ2v) is 19.6. The van der Waals surface area contributed by atoms with Crippen molar-refractivity contribution >= 4 is 23.9 Å². The number of aliphatic hydroxyl groups is 1. The fraction of sp³-hybridized carbons (Fsp3) is 0.714. The molecule has 4 aliphatic rings. The van der Waals surface area contributed by atoms with Crippen LogP contribution in [0.4, 0.5) is 4.79 Å². The fourth-order valence-electron chi connectivity index (χ4n) is 9.66. The van der Waals surface area contributed by atoms with Gasteiger partial charge in [0.25, 0.3) is 0 Å². The van der Waals surface area contributed by atoms with E-state index >= 15 is 0 Å². The number of unbranched alkanes of at least 4 members (excludes halogenated alkanes) is 11. The van der Waals surface area contributed by atoms with Crippen LogP contribution in [0.1, 0.15) is 175 Å². The van der Waals surface area contributed by atoms with Gasteiger partial charge in [-0.05, 0) is 118 Å². The van der Waals surface area contributed by atoms with Crippen LogP contribution in [0.2, 0.25) is 0 Å². The normalized spacial score (nSPS) is 23.6. The van der Waals surface area contributed by atoms with Gasteiger partial charge in [0, 0.05) is 30.9 Å². The van der Waals surface area contributed by atoms with Crippen LogP contribution >= 0.6 is 0 Å². The standard InChI is InChI=1S/C49H73NO10/c1-9-10-11-12-13-14-15-16-17-18-19-20-21-22-23-24-36(51)31-35(33-40(52)59-46(2,3)4)44(53)56-38-27-28-49(55)39-32-34-25-26-37(57-45(54)60-47(5,6)7)42-41(34)48(49,43(38)58-42)29-30-50(39)8/h16-17,25-27,35,39,43,55H,9-15,18-24,28-33H2,1-8H3/b17-16-/t35-,39-,43-,48-,49+/m0/s1. The van der Waals surface area contributed by atoms with Crippen molar-refractivity contribution < 1.29 is 48.0 Å². The molecule has 1 aromatic carbocycles. The van der Waals surface area contributed by atoms with Gasteiger partial charge in [-0.1, -0.05) is 76.5 Å². The first-order valence-electron chi connectivity index (χ1n) is 22.8. The Morgan fingerprint density at radius 3 is 2.15 bits per heavy atom. The van der Waals surface area contributed by atoms with Crippen LogP contribution < -0.4 is 9.47 Å². The number of Topliss-reactive ketones (excluding diaryl/α,β-unsaturated/α-hetero) is 1. The number of likely N-dealkylation sites (N-methyl/N-ethyl adjacent to an activating group) is 1. The summed E-state index contributed by atoms with van der Waals surface area (Å²) in [5.74, 6) is -1.82. The molecule has 0 amide bonds. The molecule has 1 N–H and O–H groups in total. The zero-order chi connectivity index (χ0) is 43.7. The number of hydrogen-bond donors (Lipinski definition) is 1. The van der Waals surface area contributed by atoms with Crippen molar-refractivity contribution in [3.05, 3.63) is 47.2 Å². The fourth-order valence-corrected chi connectivity index (χ4v) is 9.66. The quantitative estimate of drug-likeness (QED) is 0.0393. The van der Waals surface area contributed by atoms with E-state index in [9.17, 15) is 24.3 Å². The van der Waals surface area contributed by atoms with Gasteiger partial charge >= 0.3 is 18.1 Å². The lowest BCUT2D eigenvalue weighted by atomic mass is 9.50. The Kier molecular flexibility index (Phi) is 16.1. The molecule has 2 aliphatic carbocycles. The molecule has 1 aromatic rings. The van der Waals surface area contributed by atoms with Crippen LogP contribution in [-0.4, -0.2) is 76.4 Å². The van der Waals surface area contributed by atoms with Gasteiger partial charge in [0.15, 0.2) is 17.6 Å². The van der Waals surface area contributed by atoms with Crippen LogP contribution in [0.5, 0.6) is 11.5 Å². The maximum Gasteiger partial charge on any atom is 0.514 e. The van der Waals surface area contributed by atoms with Crippen molar-refractivity contribution in [1.29, 1.82) is 0 Å². The molecule has 11 heteroatoms. The molecule has 2 heterocycles. The number of ether oxygens (including phenoxy) is 5. The summed E-state index contributed by atoms with van der Waals surface area (Å²) >= 11 is 0. The number of hydrogen-bond acceptors (Lipinski definition) is 11. The molecule has 5 atom stereocenters. The van der Waals surface area contributed by atoms with Crippen molar-refractivity contribution in [2.75, 3.05) is 13.6 Å². The summed E-state index contributed by atoms with van der Waals surface area (Å²) in [7, 11) is 2.00. The highest BCUT2D eigenvalue weighted by Gasteiger charge is 2.72. The van der Waals surface area contributed by atoms with Crippen molar-refractivity contribution in [2.24, 2.45) is 5.92 Å².